The third kappa shape index (κ3) is 3.76. The summed E-state index contributed by atoms with van der Waals surface area (Å²) in [7, 11) is 3.46. The zero-order chi connectivity index (χ0) is 15.4. The number of hydrogen-bond acceptors (Lipinski definition) is 2. The van der Waals surface area contributed by atoms with Crippen LogP contribution in [0.4, 0.5) is 4.39 Å². The third-order valence-corrected chi connectivity index (χ3v) is 4.44. The standard InChI is InChI=1S/C16H16BrClFNO/c1-20-16(9-12-14(18)4-3-5-15(12)19)11-7-6-10(21-2)8-13(11)17/h3-8,16,20H,9H2,1-2H3. The molecule has 1 unspecified atom stereocenters. The molecule has 0 spiro atoms. The van der Waals surface area contributed by atoms with Gasteiger partial charge in [0.05, 0.1) is 7.11 Å². The first-order valence-electron chi connectivity index (χ1n) is 6.50. The SMILES string of the molecule is CNC(Cc1c(F)cccc1Cl)c1ccc(OC)cc1Br. The molecule has 2 aromatic rings. The summed E-state index contributed by atoms with van der Waals surface area (Å²) in [5, 5.41) is 3.65. The molecule has 0 radical (unpaired) electrons. The lowest BCUT2D eigenvalue weighted by Gasteiger charge is -2.20. The van der Waals surface area contributed by atoms with Crippen LogP contribution in [0.3, 0.4) is 0 Å². The van der Waals surface area contributed by atoms with E-state index in [2.05, 4.69) is 21.2 Å². The Bertz CT molecular complexity index is 615. The first-order chi connectivity index (χ1) is 10.1. The summed E-state index contributed by atoms with van der Waals surface area (Å²) in [6.45, 7) is 0. The molecular formula is C16H16BrClFNO. The number of hydrogen-bond donors (Lipinski definition) is 1. The average Bonchev–Trinajstić information content (AvgIpc) is 2.47. The highest BCUT2D eigenvalue weighted by Gasteiger charge is 2.17. The minimum Gasteiger partial charge on any atom is -0.497 e. The van der Waals surface area contributed by atoms with Crippen molar-refractivity contribution in [1.82, 2.24) is 5.32 Å². The van der Waals surface area contributed by atoms with Crippen LogP contribution >= 0.6 is 27.5 Å². The number of ether oxygens (including phenoxy) is 1. The zero-order valence-electron chi connectivity index (χ0n) is 11.8. The van der Waals surface area contributed by atoms with E-state index >= 15 is 0 Å². The normalized spacial score (nSPS) is 12.2. The molecule has 0 aliphatic carbocycles. The van der Waals surface area contributed by atoms with Crippen molar-refractivity contribution in [2.45, 2.75) is 12.5 Å². The molecule has 0 aliphatic rings. The van der Waals surface area contributed by atoms with Gasteiger partial charge in [0.25, 0.3) is 0 Å². The molecule has 0 fully saturated rings. The number of rotatable bonds is 5. The fraction of sp³-hybridized carbons (Fsp3) is 0.250. The Kier molecular flexibility index (Phi) is 5.62. The number of halogens is 3. The fourth-order valence-corrected chi connectivity index (χ4v) is 3.09. The van der Waals surface area contributed by atoms with Crippen LogP contribution in [0.25, 0.3) is 0 Å². The van der Waals surface area contributed by atoms with Crippen molar-refractivity contribution >= 4 is 27.5 Å². The van der Waals surface area contributed by atoms with Crippen molar-refractivity contribution in [3.63, 3.8) is 0 Å². The van der Waals surface area contributed by atoms with E-state index in [1.807, 2.05) is 25.2 Å². The molecule has 1 N–H and O–H groups in total. The lowest BCUT2D eigenvalue weighted by molar-refractivity contribution is 0.414. The molecule has 1 atom stereocenters. The molecule has 0 heterocycles. The van der Waals surface area contributed by atoms with Gasteiger partial charge in [-0.25, -0.2) is 4.39 Å². The first-order valence-corrected chi connectivity index (χ1v) is 7.67. The summed E-state index contributed by atoms with van der Waals surface area (Å²) in [5.41, 5.74) is 1.54. The van der Waals surface area contributed by atoms with E-state index in [0.717, 1.165) is 15.8 Å². The molecule has 5 heteroatoms. The van der Waals surface area contributed by atoms with Gasteiger partial charge in [-0.2, -0.15) is 0 Å². The predicted molar refractivity (Wildman–Crippen MR) is 87.6 cm³/mol. The predicted octanol–water partition coefficient (Wildman–Crippen LogP) is 4.75. The summed E-state index contributed by atoms with van der Waals surface area (Å²) in [5.74, 6) is 0.483. The molecule has 0 bridgehead atoms. The van der Waals surface area contributed by atoms with Crippen molar-refractivity contribution in [2.75, 3.05) is 14.2 Å². The van der Waals surface area contributed by atoms with Gasteiger partial charge in [0, 0.05) is 21.1 Å². The van der Waals surface area contributed by atoms with Crippen LogP contribution in [0.15, 0.2) is 40.9 Å². The van der Waals surface area contributed by atoms with Crippen LogP contribution in [-0.4, -0.2) is 14.2 Å². The molecular weight excluding hydrogens is 357 g/mol. The topological polar surface area (TPSA) is 21.3 Å². The number of nitrogens with one attached hydrogen (secondary N) is 1. The molecule has 0 aromatic heterocycles. The highest BCUT2D eigenvalue weighted by atomic mass is 79.9. The minimum atomic E-state index is -0.285. The summed E-state index contributed by atoms with van der Waals surface area (Å²) in [6.07, 6.45) is 0.465. The largest absolute Gasteiger partial charge is 0.497 e. The molecule has 0 saturated heterocycles. The van der Waals surface area contributed by atoms with Crippen molar-refractivity contribution in [2.24, 2.45) is 0 Å². The molecule has 0 amide bonds. The number of methoxy groups -OCH3 is 1. The Labute approximate surface area is 137 Å². The van der Waals surface area contributed by atoms with E-state index in [0.29, 0.717) is 17.0 Å². The van der Waals surface area contributed by atoms with E-state index < -0.39 is 0 Å². The second kappa shape index (κ2) is 7.25. The van der Waals surface area contributed by atoms with Gasteiger partial charge in [0.15, 0.2) is 0 Å². The van der Waals surface area contributed by atoms with Gasteiger partial charge in [0.1, 0.15) is 11.6 Å². The second-order valence-electron chi connectivity index (χ2n) is 4.63. The van der Waals surface area contributed by atoms with Crippen LogP contribution in [-0.2, 0) is 6.42 Å². The van der Waals surface area contributed by atoms with Gasteiger partial charge in [0.2, 0.25) is 0 Å². The summed E-state index contributed by atoms with van der Waals surface area (Å²) in [6, 6.07) is 10.4. The Morgan fingerprint density at radius 1 is 1.33 bits per heavy atom. The van der Waals surface area contributed by atoms with Gasteiger partial charge in [-0.15, -0.1) is 0 Å². The van der Waals surface area contributed by atoms with Crippen LogP contribution in [0.1, 0.15) is 17.2 Å². The maximum absolute atomic E-state index is 13.9. The first kappa shape index (κ1) is 16.3. The lowest BCUT2D eigenvalue weighted by Crippen LogP contribution is -2.20. The zero-order valence-corrected chi connectivity index (χ0v) is 14.1. The Morgan fingerprint density at radius 3 is 2.67 bits per heavy atom. The molecule has 2 aromatic carbocycles. The Morgan fingerprint density at radius 2 is 2.10 bits per heavy atom. The fourth-order valence-electron chi connectivity index (χ4n) is 2.22. The Hall–Kier alpha value is -1.10. The summed E-state index contributed by atoms with van der Waals surface area (Å²) >= 11 is 9.64. The Balaban J connectivity index is 2.32. The number of likely N-dealkylation sites (N-methyl/N-ethyl adjacent to an activating group) is 1. The maximum atomic E-state index is 13.9. The van der Waals surface area contributed by atoms with Crippen LogP contribution < -0.4 is 10.1 Å². The van der Waals surface area contributed by atoms with Crippen molar-refractivity contribution in [1.29, 1.82) is 0 Å². The highest BCUT2D eigenvalue weighted by Crippen LogP contribution is 2.31. The van der Waals surface area contributed by atoms with E-state index in [-0.39, 0.29) is 11.9 Å². The van der Waals surface area contributed by atoms with Gasteiger partial charge >= 0.3 is 0 Å². The quantitative estimate of drug-likeness (QED) is 0.817. The third-order valence-electron chi connectivity index (χ3n) is 3.40. The van der Waals surface area contributed by atoms with Crippen LogP contribution in [0, 0.1) is 5.82 Å². The molecule has 2 rings (SSSR count). The van der Waals surface area contributed by atoms with Crippen molar-refractivity contribution < 1.29 is 9.13 Å². The van der Waals surface area contributed by atoms with Crippen LogP contribution in [0.5, 0.6) is 5.75 Å². The second-order valence-corrected chi connectivity index (χ2v) is 5.89. The van der Waals surface area contributed by atoms with Crippen LogP contribution in [0.2, 0.25) is 5.02 Å². The molecule has 112 valence electrons. The van der Waals surface area contributed by atoms with Gasteiger partial charge in [-0.05, 0) is 43.3 Å². The number of benzene rings is 2. The van der Waals surface area contributed by atoms with E-state index in [1.165, 1.54) is 6.07 Å². The average molecular weight is 373 g/mol. The molecule has 2 nitrogen and oxygen atoms in total. The minimum absolute atomic E-state index is 0.0559. The van der Waals surface area contributed by atoms with Crippen molar-refractivity contribution in [3.05, 3.63) is 62.8 Å². The lowest BCUT2D eigenvalue weighted by atomic mass is 9.98. The van der Waals surface area contributed by atoms with Gasteiger partial charge < -0.3 is 10.1 Å². The van der Waals surface area contributed by atoms with E-state index in [9.17, 15) is 4.39 Å². The smallest absolute Gasteiger partial charge is 0.127 e. The maximum Gasteiger partial charge on any atom is 0.127 e. The summed E-state index contributed by atoms with van der Waals surface area (Å²) < 4.78 is 20.0. The highest BCUT2D eigenvalue weighted by molar-refractivity contribution is 9.10. The molecule has 0 aliphatic heterocycles. The van der Waals surface area contributed by atoms with Gasteiger partial charge in [-0.3, -0.25) is 0 Å². The summed E-state index contributed by atoms with van der Waals surface area (Å²) in [4.78, 5) is 0. The van der Waals surface area contributed by atoms with E-state index in [4.69, 9.17) is 16.3 Å². The molecule has 0 saturated carbocycles. The molecule has 21 heavy (non-hydrogen) atoms. The monoisotopic (exact) mass is 371 g/mol. The van der Waals surface area contributed by atoms with Crippen molar-refractivity contribution in [3.8, 4) is 5.75 Å². The van der Waals surface area contributed by atoms with Gasteiger partial charge in [-0.1, -0.05) is 39.7 Å². The van der Waals surface area contributed by atoms with E-state index in [1.54, 1.807) is 19.2 Å².